The van der Waals surface area contributed by atoms with E-state index in [0.29, 0.717) is 5.69 Å². The average molecular weight is 385 g/mol. The molecule has 0 saturated heterocycles. The van der Waals surface area contributed by atoms with Gasteiger partial charge in [-0.25, -0.2) is 0 Å². The van der Waals surface area contributed by atoms with Gasteiger partial charge in [0.2, 0.25) is 0 Å². The number of nitrogens with zero attached hydrogens (tertiary/aromatic N) is 1. The van der Waals surface area contributed by atoms with Crippen molar-refractivity contribution in [1.29, 1.82) is 0 Å². The van der Waals surface area contributed by atoms with Crippen LogP contribution in [0.3, 0.4) is 0 Å². The number of hydrogen-bond acceptors (Lipinski definition) is 2. The maximum Gasteiger partial charge on any atom is 0.272 e. The molecule has 3 rings (SSSR count). The molecule has 0 bridgehead atoms. The van der Waals surface area contributed by atoms with Gasteiger partial charge in [0.25, 0.3) is 5.91 Å². The van der Waals surface area contributed by atoms with E-state index in [1.807, 2.05) is 35.9 Å². The van der Waals surface area contributed by atoms with Crippen LogP contribution in [0.15, 0.2) is 34.9 Å². The van der Waals surface area contributed by atoms with Crippen LogP contribution in [0.25, 0.3) is 0 Å². The second kappa shape index (κ2) is 7.20. The lowest BCUT2D eigenvalue weighted by molar-refractivity contribution is 0.101. The zero-order valence-corrected chi connectivity index (χ0v) is 14.8. The summed E-state index contributed by atoms with van der Waals surface area (Å²) in [5.74, 6) is -0.0775. The van der Waals surface area contributed by atoms with Crippen molar-refractivity contribution in [2.24, 2.45) is 0 Å². The molecule has 22 heavy (non-hydrogen) atoms. The minimum absolute atomic E-state index is 0. The first-order chi connectivity index (χ1) is 10.2. The monoisotopic (exact) mass is 383 g/mol. The van der Waals surface area contributed by atoms with E-state index in [4.69, 9.17) is 0 Å². The largest absolute Gasteiger partial charge is 0.385 e. The van der Waals surface area contributed by atoms with Crippen molar-refractivity contribution in [3.05, 3.63) is 46.2 Å². The third-order valence-corrected chi connectivity index (χ3v) is 4.17. The molecule has 1 aliphatic rings. The van der Waals surface area contributed by atoms with E-state index in [1.54, 1.807) is 0 Å². The molecule has 6 heteroatoms. The Hall–Kier alpha value is -1.46. The summed E-state index contributed by atoms with van der Waals surface area (Å²) in [6, 6.07) is 7.90. The Morgan fingerprint density at radius 3 is 3.00 bits per heavy atom. The van der Waals surface area contributed by atoms with Gasteiger partial charge in [0, 0.05) is 35.1 Å². The molecule has 1 aromatic heterocycles. The van der Waals surface area contributed by atoms with Crippen LogP contribution in [0.4, 0.5) is 11.4 Å². The number of fused-ring (bicyclic) bond motifs is 1. The van der Waals surface area contributed by atoms with E-state index < -0.39 is 0 Å². The lowest BCUT2D eigenvalue weighted by atomic mass is 10.0. The van der Waals surface area contributed by atoms with Crippen LogP contribution < -0.4 is 10.6 Å². The topological polar surface area (TPSA) is 46.1 Å². The smallest absolute Gasteiger partial charge is 0.272 e. The molecule has 0 spiro atoms. The average Bonchev–Trinajstić information content (AvgIpc) is 2.88. The first-order valence-electron chi connectivity index (χ1n) is 7.21. The van der Waals surface area contributed by atoms with Gasteiger partial charge in [-0.2, -0.15) is 0 Å². The maximum absolute atomic E-state index is 12.4. The van der Waals surface area contributed by atoms with Gasteiger partial charge < -0.3 is 15.2 Å². The van der Waals surface area contributed by atoms with Crippen molar-refractivity contribution in [3.8, 4) is 0 Å². The van der Waals surface area contributed by atoms with Gasteiger partial charge in [0.05, 0.1) is 0 Å². The Labute approximate surface area is 144 Å². The quantitative estimate of drug-likeness (QED) is 0.828. The van der Waals surface area contributed by atoms with E-state index in [1.165, 1.54) is 11.3 Å². The molecule has 4 nitrogen and oxygen atoms in total. The van der Waals surface area contributed by atoms with Crippen molar-refractivity contribution in [2.75, 3.05) is 17.2 Å². The van der Waals surface area contributed by atoms with E-state index >= 15 is 0 Å². The van der Waals surface area contributed by atoms with E-state index in [2.05, 4.69) is 32.6 Å². The van der Waals surface area contributed by atoms with Crippen LogP contribution in [0, 0.1) is 0 Å². The Balaban J connectivity index is 0.00000176. The summed E-state index contributed by atoms with van der Waals surface area (Å²) in [7, 11) is 0. The Morgan fingerprint density at radius 1 is 1.41 bits per heavy atom. The van der Waals surface area contributed by atoms with Crippen LogP contribution >= 0.6 is 28.3 Å². The highest BCUT2D eigenvalue weighted by Gasteiger charge is 2.14. The number of benzene rings is 1. The fourth-order valence-corrected chi connectivity index (χ4v) is 3.14. The molecule has 0 aliphatic carbocycles. The number of hydrogen-bond donors (Lipinski definition) is 2. The van der Waals surface area contributed by atoms with Gasteiger partial charge in [0.1, 0.15) is 5.69 Å². The molecule has 2 aromatic rings. The third kappa shape index (κ3) is 3.47. The molecule has 0 saturated carbocycles. The molecule has 1 aliphatic heterocycles. The fraction of sp³-hybridized carbons (Fsp3) is 0.312. The van der Waals surface area contributed by atoms with Crippen molar-refractivity contribution in [1.82, 2.24) is 4.57 Å². The number of carbonyl (C=O) groups excluding carboxylic acids is 1. The summed E-state index contributed by atoms with van der Waals surface area (Å²) in [5.41, 5.74) is 3.97. The Bertz CT molecular complexity index is 684. The number of aromatic nitrogens is 1. The van der Waals surface area contributed by atoms with E-state index in [0.717, 1.165) is 36.1 Å². The van der Waals surface area contributed by atoms with Crippen molar-refractivity contribution in [2.45, 2.75) is 26.3 Å². The molecule has 2 N–H and O–H groups in total. The Kier molecular flexibility index (Phi) is 5.53. The van der Waals surface area contributed by atoms with Gasteiger partial charge in [-0.15, -0.1) is 12.4 Å². The molecule has 2 heterocycles. The molecule has 1 aromatic carbocycles. The minimum atomic E-state index is -0.0775. The van der Waals surface area contributed by atoms with Gasteiger partial charge in [0.15, 0.2) is 0 Å². The van der Waals surface area contributed by atoms with E-state index in [-0.39, 0.29) is 18.3 Å². The van der Waals surface area contributed by atoms with Crippen molar-refractivity contribution >= 4 is 45.6 Å². The predicted molar refractivity (Wildman–Crippen MR) is 96.3 cm³/mol. The first kappa shape index (κ1) is 16.9. The molecule has 0 radical (unpaired) electrons. The van der Waals surface area contributed by atoms with Gasteiger partial charge in [-0.05, 0) is 65.5 Å². The molecular formula is C16H19BrClN3O. The highest BCUT2D eigenvalue weighted by Crippen LogP contribution is 2.25. The molecule has 1 amide bonds. The minimum Gasteiger partial charge on any atom is -0.385 e. The van der Waals surface area contributed by atoms with Crippen molar-refractivity contribution in [3.63, 3.8) is 0 Å². The van der Waals surface area contributed by atoms with Crippen LogP contribution in [0.5, 0.6) is 0 Å². The highest BCUT2D eigenvalue weighted by atomic mass is 79.9. The SMILES string of the molecule is CCn1cc(Br)cc1C(=O)Nc1ccc2c(c1)CCCN2.Cl. The van der Waals surface area contributed by atoms with Crippen molar-refractivity contribution < 1.29 is 4.79 Å². The fourth-order valence-electron chi connectivity index (χ4n) is 2.67. The number of amides is 1. The summed E-state index contributed by atoms with van der Waals surface area (Å²) in [4.78, 5) is 12.4. The summed E-state index contributed by atoms with van der Waals surface area (Å²) in [6.45, 7) is 3.81. The number of carbonyl (C=O) groups is 1. The van der Waals surface area contributed by atoms with Crippen LogP contribution in [0.1, 0.15) is 29.4 Å². The lowest BCUT2D eigenvalue weighted by Gasteiger charge is -2.19. The summed E-state index contributed by atoms with van der Waals surface area (Å²) in [6.07, 6.45) is 4.12. The highest BCUT2D eigenvalue weighted by molar-refractivity contribution is 9.10. The molecule has 118 valence electrons. The Morgan fingerprint density at radius 2 is 2.23 bits per heavy atom. The number of anilines is 2. The molecular weight excluding hydrogens is 366 g/mol. The summed E-state index contributed by atoms with van der Waals surface area (Å²) in [5, 5.41) is 6.36. The lowest BCUT2D eigenvalue weighted by Crippen LogP contribution is -2.17. The second-order valence-corrected chi connectivity index (χ2v) is 6.10. The number of nitrogens with one attached hydrogen (secondary N) is 2. The number of rotatable bonds is 3. The van der Waals surface area contributed by atoms with Crippen LogP contribution in [0.2, 0.25) is 0 Å². The summed E-state index contributed by atoms with van der Waals surface area (Å²) >= 11 is 3.42. The molecule has 0 atom stereocenters. The molecule has 0 unspecified atom stereocenters. The number of halogens is 2. The summed E-state index contributed by atoms with van der Waals surface area (Å²) < 4.78 is 2.85. The third-order valence-electron chi connectivity index (χ3n) is 3.74. The van der Waals surface area contributed by atoms with Gasteiger partial charge in [-0.3, -0.25) is 4.79 Å². The zero-order valence-electron chi connectivity index (χ0n) is 12.4. The van der Waals surface area contributed by atoms with Crippen LogP contribution in [-0.4, -0.2) is 17.0 Å². The molecule has 0 fully saturated rings. The second-order valence-electron chi connectivity index (χ2n) is 5.19. The standard InChI is InChI=1S/C16H18BrN3O.ClH/c1-2-20-10-12(17)9-15(20)16(21)19-13-5-6-14-11(8-13)4-3-7-18-14;/h5-6,8-10,18H,2-4,7H2,1H3,(H,19,21);1H. The van der Waals surface area contributed by atoms with Gasteiger partial charge in [-0.1, -0.05) is 0 Å². The maximum atomic E-state index is 12.4. The van der Waals surface area contributed by atoms with Gasteiger partial charge >= 0.3 is 0 Å². The van der Waals surface area contributed by atoms with Crippen LogP contribution in [-0.2, 0) is 13.0 Å². The number of aryl methyl sites for hydroxylation is 2. The first-order valence-corrected chi connectivity index (χ1v) is 8.00. The normalized spacial score (nSPS) is 12.8. The van der Waals surface area contributed by atoms with E-state index in [9.17, 15) is 4.79 Å². The predicted octanol–water partition coefficient (Wildman–Crippen LogP) is 4.30. The zero-order chi connectivity index (χ0) is 14.8.